The van der Waals surface area contributed by atoms with E-state index in [9.17, 15) is 24.3 Å². The van der Waals surface area contributed by atoms with E-state index < -0.39 is 17.9 Å². The smallest absolute Gasteiger partial charge is 0.326 e. The molecule has 1 aromatic rings. The first-order chi connectivity index (χ1) is 10.8. The van der Waals surface area contributed by atoms with Crippen molar-refractivity contribution in [2.75, 3.05) is 5.32 Å². The van der Waals surface area contributed by atoms with E-state index in [1.165, 1.54) is 13.0 Å². The first-order valence-electron chi connectivity index (χ1n) is 7.27. The van der Waals surface area contributed by atoms with E-state index in [2.05, 4.69) is 10.6 Å². The molecule has 0 saturated heterocycles. The number of carbonyl (C=O) groups is 4. The van der Waals surface area contributed by atoms with Crippen LogP contribution in [0.15, 0.2) is 24.3 Å². The maximum atomic E-state index is 12.3. The zero-order valence-electron chi connectivity index (χ0n) is 13.1. The van der Waals surface area contributed by atoms with Gasteiger partial charge < -0.3 is 15.7 Å². The van der Waals surface area contributed by atoms with E-state index in [1.54, 1.807) is 25.1 Å². The fourth-order valence-electron chi connectivity index (χ4n) is 1.96. The van der Waals surface area contributed by atoms with Crippen LogP contribution >= 0.6 is 0 Å². The van der Waals surface area contributed by atoms with E-state index in [4.69, 9.17) is 0 Å². The number of carboxylic acids is 1. The quantitative estimate of drug-likeness (QED) is 0.673. The van der Waals surface area contributed by atoms with Gasteiger partial charge in [0.1, 0.15) is 11.8 Å². The first kappa shape index (κ1) is 18.3. The molecule has 0 aliphatic rings. The van der Waals surface area contributed by atoms with Crippen LogP contribution in [-0.2, 0) is 14.4 Å². The first-order valence-corrected chi connectivity index (χ1v) is 7.27. The Hall–Kier alpha value is -2.70. The van der Waals surface area contributed by atoms with Gasteiger partial charge in [-0.3, -0.25) is 14.4 Å². The highest BCUT2D eigenvalue weighted by molar-refractivity contribution is 6.04. The Balaban J connectivity index is 2.85. The van der Waals surface area contributed by atoms with Crippen molar-refractivity contribution in [2.45, 2.75) is 39.2 Å². The Kier molecular flexibility index (Phi) is 6.92. The standard InChI is InChI=1S/C16H20N2O5/c1-3-11(20)8-9-14(16(22)23)18-15(21)12-6-4-5-7-13(12)17-10(2)19/h4-7,14H,3,8-9H2,1-2H3,(H,17,19)(H,18,21)(H,22,23)/t14-/m0/s1. The average molecular weight is 320 g/mol. The van der Waals surface area contributed by atoms with Crippen molar-refractivity contribution in [1.29, 1.82) is 0 Å². The number of carbonyl (C=O) groups excluding carboxylic acids is 3. The highest BCUT2D eigenvalue weighted by Crippen LogP contribution is 2.15. The van der Waals surface area contributed by atoms with Gasteiger partial charge in [0.2, 0.25) is 5.91 Å². The monoisotopic (exact) mass is 320 g/mol. The molecular formula is C16H20N2O5. The molecule has 0 bridgehead atoms. The molecule has 1 rings (SSSR count). The molecule has 1 atom stereocenters. The van der Waals surface area contributed by atoms with Crippen LogP contribution in [0.5, 0.6) is 0 Å². The molecule has 2 amide bonds. The molecule has 7 nitrogen and oxygen atoms in total. The summed E-state index contributed by atoms with van der Waals surface area (Å²) in [5, 5.41) is 14.1. The molecule has 0 unspecified atom stereocenters. The minimum Gasteiger partial charge on any atom is -0.480 e. The van der Waals surface area contributed by atoms with Gasteiger partial charge in [-0.2, -0.15) is 0 Å². The maximum absolute atomic E-state index is 12.3. The number of ketones is 1. The van der Waals surface area contributed by atoms with E-state index in [1.807, 2.05) is 0 Å². The predicted molar refractivity (Wildman–Crippen MR) is 84.2 cm³/mol. The molecule has 0 fully saturated rings. The molecule has 124 valence electrons. The number of nitrogens with one attached hydrogen (secondary N) is 2. The second kappa shape index (κ2) is 8.67. The van der Waals surface area contributed by atoms with Crippen LogP contribution in [0, 0.1) is 0 Å². The van der Waals surface area contributed by atoms with E-state index >= 15 is 0 Å². The number of para-hydroxylation sites is 1. The van der Waals surface area contributed by atoms with Crippen LogP contribution < -0.4 is 10.6 Å². The lowest BCUT2D eigenvalue weighted by Crippen LogP contribution is -2.41. The number of carboxylic acid groups (broad SMARTS) is 1. The molecule has 1 aromatic carbocycles. The van der Waals surface area contributed by atoms with Gasteiger partial charge in [-0.05, 0) is 18.6 Å². The SMILES string of the molecule is CCC(=O)CC[C@H](NC(=O)c1ccccc1NC(C)=O)C(=O)O. The molecule has 0 spiro atoms. The normalized spacial score (nSPS) is 11.4. The lowest BCUT2D eigenvalue weighted by Gasteiger charge is -2.16. The summed E-state index contributed by atoms with van der Waals surface area (Å²) >= 11 is 0. The number of rotatable bonds is 8. The third kappa shape index (κ3) is 5.90. The molecule has 3 N–H and O–H groups in total. The number of Topliss-reactive ketones (excluding diaryl/α,β-unsaturated/α-hetero) is 1. The van der Waals surface area contributed by atoms with Gasteiger partial charge in [-0.1, -0.05) is 19.1 Å². The summed E-state index contributed by atoms with van der Waals surface area (Å²) in [5.74, 6) is -2.23. The number of amides is 2. The van der Waals surface area contributed by atoms with Gasteiger partial charge in [-0.25, -0.2) is 4.79 Å². The largest absolute Gasteiger partial charge is 0.480 e. The Labute approximate surface area is 134 Å². The summed E-state index contributed by atoms with van der Waals surface area (Å²) in [4.78, 5) is 46.0. The molecule has 0 radical (unpaired) electrons. The molecule has 7 heteroatoms. The highest BCUT2D eigenvalue weighted by Gasteiger charge is 2.22. The summed E-state index contributed by atoms with van der Waals surface area (Å²) in [5.41, 5.74) is 0.460. The summed E-state index contributed by atoms with van der Waals surface area (Å²) in [6, 6.07) is 5.12. The maximum Gasteiger partial charge on any atom is 0.326 e. The van der Waals surface area contributed by atoms with Gasteiger partial charge in [0, 0.05) is 19.8 Å². The van der Waals surface area contributed by atoms with Crippen LogP contribution in [0.3, 0.4) is 0 Å². The van der Waals surface area contributed by atoms with Gasteiger partial charge in [-0.15, -0.1) is 0 Å². The van der Waals surface area contributed by atoms with Gasteiger partial charge in [0.25, 0.3) is 5.91 Å². The van der Waals surface area contributed by atoms with Crippen molar-refractivity contribution in [2.24, 2.45) is 0 Å². The fourth-order valence-corrected chi connectivity index (χ4v) is 1.96. The Morgan fingerprint density at radius 3 is 2.39 bits per heavy atom. The van der Waals surface area contributed by atoms with Crippen LogP contribution in [0.25, 0.3) is 0 Å². The number of hydrogen-bond acceptors (Lipinski definition) is 4. The van der Waals surface area contributed by atoms with Crippen molar-refractivity contribution >= 4 is 29.3 Å². The third-order valence-corrected chi connectivity index (χ3v) is 3.19. The summed E-state index contributed by atoms with van der Waals surface area (Å²) in [6.45, 7) is 3.01. The molecule has 0 heterocycles. The van der Waals surface area contributed by atoms with E-state index in [0.29, 0.717) is 12.1 Å². The molecule has 0 aliphatic heterocycles. The molecule has 23 heavy (non-hydrogen) atoms. The molecular weight excluding hydrogens is 300 g/mol. The van der Waals surface area contributed by atoms with Gasteiger partial charge >= 0.3 is 5.97 Å². The second-order valence-electron chi connectivity index (χ2n) is 5.02. The highest BCUT2D eigenvalue weighted by atomic mass is 16.4. The zero-order valence-corrected chi connectivity index (χ0v) is 13.1. The summed E-state index contributed by atoms with van der Waals surface area (Å²) in [6.07, 6.45) is 0.433. The minimum atomic E-state index is -1.21. The Morgan fingerprint density at radius 2 is 1.83 bits per heavy atom. The van der Waals surface area contributed by atoms with Crippen molar-refractivity contribution in [3.8, 4) is 0 Å². The lowest BCUT2D eigenvalue weighted by atomic mass is 10.1. The van der Waals surface area contributed by atoms with Crippen molar-refractivity contribution in [1.82, 2.24) is 5.32 Å². The fraction of sp³-hybridized carbons (Fsp3) is 0.375. The number of hydrogen-bond donors (Lipinski definition) is 3. The van der Waals surface area contributed by atoms with Crippen molar-refractivity contribution < 1.29 is 24.3 Å². The minimum absolute atomic E-state index is 0.0239. The molecule has 0 aromatic heterocycles. The van der Waals surface area contributed by atoms with Crippen LogP contribution in [0.4, 0.5) is 5.69 Å². The van der Waals surface area contributed by atoms with Crippen LogP contribution in [0.1, 0.15) is 43.5 Å². The number of aliphatic carboxylic acids is 1. The van der Waals surface area contributed by atoms with E-state index in [-0.39, 0.29) is 30.1 Å². The molecule has 0 aliphatic carbocycles. The van der Waals surface area contributed by atoms with Crippen molar-refractivity contribution in [3.63, 3.8) is 0 Å². The second-order valence-corrected chi connectivity index (χ2v) is 5.02. The third-order valence-electron chi connectivity index (χ3n) is 3.19. The molecule has 0 saturated carbocycles. The van der Waals surface area contributed by atoms with Crippen LogP contribution in [-0.4, -0.2) is 34.7 Å². The average Bonchev–Trinajstić information content (AvgIpc) is 2.50. The van der Waals surface area contributed by atoms with Crippen LogP contribution in [0.2, 0.25) is 0 Å². The zero-order chi connectivity index (χ0) is 17.4. The van der Waals surface area contributed by atoms with Gasteiger partial charge in [0.15, 0.2) is 0 Å². The van der Waals surface area contributed by atoms with E-state index in [0.717, 1.165) is 0 Å². The Bertz CT molecular complexity index is 612. The Morgan fingerprint density at radius 1 is 1.17 bits per heavy atom. The summed E-state index contributed by atoms with van der Waals surface area (Å²) in [7, 11) is 0. The predicted octanol–water partition coefficient (Wildman–Crippen LogP) is 1.59. The number of anilines is 1. The number of benzene rings is 1. The summed E-state index contributed by atoms with van der Waals surface area (Å²) < 4.78 is 0. The lowest BCUT2D eigenvalue weighted by molar-refractivity contribution is -0.139. The van der Waals surface area contributed by atoms with Gasteiger partial charge in [0.05, 0.1) is 11.3 Å². The topological polar surface area (TPSA) is 113 Å². The van der Waals surface area contributed by atoms with Crippen molar-refractivity contribution in [3.05, 3.63) is 29.8 Å².